The fourth-order valence-electron chi connectivity index (χ4n) is 3.29. The van der Waals surface area contributed by atoms with Crippen molar-refractivity contribution in [3.8, 4) is 22.8 Å². The van der Waals surface area contributed by atoms with Gasteiger partial charge in [0.15, 0.2) is 17.5 Å². The minimum atomic E-state index is -4.61. The van der Waals surface area contributed by atoms with Gasteiger partial charge in [-0.3, -0.25) is 10.1 Å². The molecule has 3 heterocycles. The van der Waals surface area contributed by atoms with Crippen LogP contribution in [-0.4, -0.2) is 30.1 Å². The molecule has 7 nitrogen and oxygen atoms in total. The van der Waals surface area contributed by atoms with E-state index in [4.69, 9.17) is 0 Å². The SMILES string of the molecule is Fc1ccc2[nH]nc(Nc3nc(-c4cccnc4)nc(-c4ccccc4C(F)(F)F)n3)c2c1. The monoisotopic (exact) mass is 451 g/mol. The van der Waals surface area contributed by atoms with Gasteiger partial charge < -0.3 is 5.32 Å². The van der Waals surface area contributed by atoms with Crippen molar-refractivity contribution in [2.75, 3.05) is 5.32 Å². The summed E-state index contributed by atoms with van der Waals surface area (Å²) in [4.78, 5) is 16.8. The molecule has 0 atom stereocenters. The Balaban J connectivity index is 1.67. The quantitative estimate of drug-likeness (QED) is 0.357. The van der Waals surface area contributed by atoms with Crippen LogP contribution >= 0.6 is 0 Å². The third-order valence-electron chi connectivity index (χ3n) is 4.78. The van der Waals surface area contributed by atoms with E-state index in [-0.39, 0.29) is 29.0 Å². The summed E-state index contributed by atoms with van der Waals surface area (Å²) < 4.78 is 54.6. The normalized spacial score (nSPS) is 11.6. The van der Waals surface area contributed by atoms with Crippen molar-refractivity contribution in [3.63, 3.8) is 0 Å². The Morgan fingerprint density at radius 2 is 1.70 bits per heavy atom. The Kier molecular flexibility index (Phi) is 4.93. The van der Waals surface area contributed by atoms with Crippen molar-refractivity contribution in [1.29, 1.82) is 0 Å². The van der Waals surface area contributed by atoms with Crippen LogP contribution < -0.4 is 5.32 Å². The summed E-state index contributed by atoms with van der Waals surface area (Å²) in [5, 5.41) is 10.1. The molecule has 0 spiro atoms. The number of rotatable bonds is 4. The molecule has 0 bridgehead atoms. The molecule has 0 saturated carbocycles. The van der Waals surface area contributed by atoms with Gasteiger partial charge in [-0.2, -0.15) is 28.2 Å². The van der Waals surface area contributed by atoms with Crippen LogP contribution in [0.25, 0.3) is 33.7 Å². The number of alkyl halides is 3. The first-order valence-corrected chi connectivity index (χ1v) is 9.62. The van der Waals surface area contributed by atoms with Crippen LogP contribution in [0.3, 0.4) is 0 Å². The summed E-state index contributed by atoms with van der Waals surface area (Å²) in [6.07, 6.45) is -1.58. The Morgan fingerprint density at radius 3 is 2.48 bits per heavy atom. The van der Waals surface area contributed by atoms with Gasteiger partial charge in [-0.15, -0.1) is 0 Å². The molecule has 0 aliphatic heterocycles. The number of aromatic amines is 1. The van der Waals surface area contributed by atoms with E-state index >= 15 is 0 Å². The van der Waals surface area contributed by atoms with E-state index in [0.29, 0.717) is 16.5 Å². The zero-order valence-corrected chi connectivity index (χ0v) is 16.6. The number of hydrogen-bond donors (Lipinski definition) is 2. The summed E-state index contributed by atoms with van der Waals surface area (Å²) >= 11 is 0. The number of H-pyrrole nitrogens is 1. The van der Waals surface area contributed by atoms with Crippen LogP contribution in [0.5, 0.6) is 0 Å². The number of benzene rings is 2. The highest BCUT2D eigenvalue weighted by molar-refractivity contribution is 5.91. The van der Waals surface area contributed by atoms with E-state index in [1.165, 1.54) is 42.6 Å². The molecule has 11 heteroatoms. The van der Waals surface area contributed by atoms with E-state index in [9.17, 15) is 17.6 Å². The third kappa shape index (κ3) is 4.07. The zero-order valence-electron chi connectivity index (χ0n) is 16.6. The highest BCUT2D eigenvalue weighted by atomic mass is 19.4. The van der Waals surface area contributed by atoms with Crippen molar-refractivity contribution in [2.45, 2.75) is 6.18 Å². The number of hydrogen-bond acceptors (Lipinski definition) is 6. The van der Waals surface area contributed by atoms with Crippen molar-refractivity contribution >= 4 is 22.7 Å². The molecular formula is C22H13F4N7. The van der Waals surface area contributed by atoms with Crippen LogP contribution in [0.15, 0.2) is 67.0 Å². The lowest BCUT2D eigenvalue weighted by Gasteiger charge is -2.13. The molecule has 0 fully saturated rings. The van der Waals surface area contributed by atoms with Crippen LogP contribution in [0.4, 0.5) is 29.3 Å². The summed E-state index contributed by atoms with van der Waals surface area (Å²) in [5.41, 5.74) is -0.0557. The maximum atomic E-state index is 13.7. The van der Waals surface area contributed by atoms with E-state index < -0.39 is 17.6 Å². The smallest absolute Gasteiger partial charge is 0.307 e. The first-order chi connectivity index (χ1) is 15.9. The summed E-state index contributed by atoms with van der Waals surface area (Å²) in [5.74, 6) is -0.404. The second-order valence-corrected chi connectivity index (χ2v) is 6.98. The second-order valence-electron chi connectivity index (χ2n) is 6.98. The summed E-state index contributed by atoms with van der Waals surface area (Å²) in [7, 11) is 0. The molecule has 2 N–H and O–H groups in total. The van der Waals surface area contributed by atoms with E-state index in [1.807, 2.05) is 0 Å². The summed E-state index contributed by atoms with van der Waals surface area (Å²) in [6, 6.07) is 12.4. The molecule has 5 aromatic rings. The number of aromatic nitrogens is 6. The molecule has 3 aromatic heterocycles. The predicted octanol–water partition coefficient (Wildman–Crippen LogP) is 5.38. The predicted molar refractivity (Wildman–Crippen MR) is 113 cm³/mol. The van der Waals surface area contributed by atoms with Gasteiger partial charge in [-0.05, 0) is 36.4 Å². The Hall–Kier alpha value is -4.41. The minimum Gasteiger partial charge on any atom is -0.307 e. The van der Waals surface area contributed by atoms with Crippen LogP contribution in [0, 0.1) is 5.82 Å². The van der Waals surface area contributed by atoms with Gasteiger partial charge in [0.1, 0.15) is 5.82 Å². The maximum absolute atomic E-state index is 13.7. The van der Waals surface area contributed by atoms with Gasteiger partial charge in [0, 0.05) is 28.9 Å². The van der Waals surface area contributed by atoms with Gasteiger partial charge in [-0.25, -0.2) is 9.37 Å². The van der Waals surface area contributed by atoms with Gasteiger partial charge >= 0.3 is 6.18 Å². The molecule has 0 aliphatic carbocycles. The van der Waals surface area contributed by atoms with Crippen molar-refractivity contribution in [1.82, 2.24) is 30.1 Å². The van der Waals surface area contributed by atoms with E-state index in [1.54, 1.807) is 18.3 Å². The van der Waals surface area contributed by atoms with Crippen LogP contribution in [-0.2, 0) is 6.18 Å². The van der Waals surface area contributed by atoms with Gasteiger partial charge in [0.2, 0.25) is 5.95 Å². The molecular weight excluding hydrogens is 438 g/mol. The standard InChI is InChI=1S/C22H13F4N7/c23-13-7-8-17-15(10-13)20(33-32-17)31-21-29-18(12-4-3-9-27-11-12)28-19(30-21)14-5-1-2-6-16(14)22(24,25)26/h1-11H,(H2,28,29,30,31,32,33). The van der Waals surface area contributed by atoms with Crippen molar-refractivity contribution in [2.24, 2.45) is 0 Å². The molecule has 0 radical (unpaired) electrons. The molecule has 164 valence electrons. The molecule has 5 rings (SSSR count). The highest BCUT2D eigenvalue weighted by Gasteiger charge is 2.34. The second kappa shape index (κ2) is 7.93. The lowest BCUT2D eigenvalue weighted by molar-refractivity contribution is -0.137. The van der Waals surface area contributed by atoms with Gasteiger partial charge in [0.05, 0.1) is 11.1 Å². The Labute approximate surface area is 183 Å². The largest absolute Gasteiger partial charge is 0.417 e. The number of nitrogens with zero attached hydrogens (tertiary/aromatic N) is 5. The first kappa shape index (κ1) is 20.5. The number of anilines is 2. The lowest BCUT2D eigenvalue weighted by Crippen LogP contribution is -2.10. The summed E-state index contributed by atoms with van der Waals surface area (Å²) in [6.45, 7) is 0. The Morgan fingerprint density at radius 1 is 0.879 bits per heavy atom. The van der Waals surface area contributed by atoms with Crippen LogP contribution in [0.2, 0.25) is 0 Å². The highest BCUT2D eigenvalue weighted by Crippen LogP contribution is 2.36. The average Bonchev–Trinajstić information content (AvgIpc) is 3.20. The lowest BCUT2D eigenvalue weighted by atomic mass is 10.1. The molecule has 0 unspecified atom stereocenters. The van der Waals surface area contributed by atoms with E-state index in [0.717, 1.165) is 6.07 Å². The van der Waals surface area contributed by atoms with Gasteiger partial charge in [0.25, 0.3) is 0 Å². The number of halogens is 4. The number of fused-ring (bicyclic) bond motifs is 1. The molecule has 2 aromatic carbocycles. The fourth-order valence-corrected chi connectivity index (χ4v) is 3.29. The number of nitrogens with one attached hydrogen (secondary N) is 2. The topological polar surface area (TPSA) is 92.3 Å². The van der Waals surface area contributed by atoms with E-state index in [2.05, 4.69) is 35.5 Å². The minimum absolute atomic E-state index is 0.0616. The van der Waals surface area contributed by atoms with Crippen molar-refractivity contribution < 1.29 is 17.6 Å². The molecule has 33 heavy (non-hydrogen) atoms. The third-order valence-corrected chi connectivity index (χ3v) is 4.78. The Bertz CT molecular complexity index is 1450. The average molecular weight is 451 g/mol. The molecule has 0 amide bonds. The first-order valence-electron chi connectivity index (χ1n) is 9.62. The molecule has 0 saturated heterocycles. The van der Waals surface area contributed by atoms with Crippen molar-refractivity contribution in [3.05, 3.63) is 78.4 Å². The molecule has 0 aliphatic rings. The number of pyridine rings is 1. The zero-order chi connectivity index (χ0) is 23.0. The maximum Gasteiger partial charge on any atom is 0.417 e. The van der Waals surface area contributed by atoms with Crippen LogP contribution in [0.1, 0.15) is 5.56 Å². The fraction of sp³-hybridized carbons (Fsp3) is 0.0455. The van der Waals surface area contributed by atoms with Gasteiger partial charge in [-0.1, -0.05) is 18.2 Å².